The van der Waals surface area contributed by atoms with Crippen molar-refractivity contribution >= 4 is 17.0 Å². The molecule has 0 spiro atoms. The van der Waals surface area contributed by atoms with E-state index in [0.29, 0.717) is 5.52 Å². The Morgan fingerprint density at radius 3 is 3.00 bits per heavy atom. The molecule has 0 aliphatic rings. The average Bonchev–Trinajstić information content (AvgIpc) is 2.47. The minimum Gasteiger partial charge on any atom is -0.543 e. The van der Waals surface area contributed by atoms with Gasteiger partial charge < -0.3 is 14.5 Å². The number of hydrogen-bond donors (Lipinski definition) is 0. The van der Waals surface area contributed by atoms with Crippen LogP contribution in [-0.2, 0) is 7.05 Å². The van der Waals surface area contributed by atoms with Crippen LogP contribution < -0.4 is 5.11 Å². The number of rotatable bonds is 1. The first-order valence-electron chi connectivity index (χ1n) is 3.67. The number of carboxylic acid groups (broad SMARTS) is 1. The Kier molecular flexibility index (Phi) is 1.51. The van der Waals surface area contributed by atoms with Crippen LogP contribution in [0.25, 0.3) is 11.0 Å². The third-order valence-electron chi connectivity index (χ3n) is 1.82. The maximum Gasteiger partial charge on any atom is 0.0956 e. The summed E-state index contributed by atoms with van der Waals surface area (Å²) in [5.74, 6) is -1.28. The van der Waals surface area contributed by atoms with Crippen LogP contribution in [0.1, 0.15) is 10.5 Å². The van der Waals surface area contributed by atoms with Gasteiger partial charge in [-0.1, -0.05) is 0 Å². The highest BCUT2D eigenvalue weighted by atomic mass is 16.4. The molecule has 0 atom stereocenters. The van der Waals surface area contributed by atoms with E-state index in [1.54, 1.807) is 10.9 Å². The van der Waals surface area contributed by atoms with Gasteiger partial charge in [-0.15, -0.1) is 0 Å². The number of nitrogens with zero attached hydrogens (tertiary/aromatic N) is 3. The van der Waals surface area contributed by atoms with Gasteiger partial charge in [0, 0.05) is 7.05 Å². The average molecular weight is 176 g/mol. The van der Waals surface area contributed by atoms with E-state index in [1.807, 2.05) is 7.05 Å². The summed E-state index contributed by atoms with van der Waals surface area (Å²) in [5.41, 5.74) is 1.31. The van der Waals surface area contributed by atoms with E-state index in [2.05, 4.69) is 9.97 Å². The third kappa shape index (κ3) is 1.14. The van der Waals surface area contributed by atoms with E-state index in [1.165, 1.54) is 12.3 Å². The van der Waals surface area contributed by atoms with Crippen LogP contribution in [-0.4, -0.2) is 20.5 Å². The number of carbonyl (C=O) groups is 1. The lowest BCUT2D eigenvalue weighted by Crippen LogP contribution is -2.23. The molecule has 0 radical (unpaired) electrons. The molecule has 0 aliphatic carbocycles. The molecule has 0 bridgehead atoms. The van der Waals surface area contributed by atoms with Crippen molar-refractivity contribution < 1.29 is 9.90 Å². The lowest BCUT2D eigenvalue weighted by Gasteiger charge is -2.00. The maximum atomic E-state index is 10.4. The highest BCUT2D eigenvalue weighted by molar-refractivity contribution is 5.88. The molecule has 0 saturated carbocycles. The fourth-order valence-electron chi connectivity index (χ4n) is 1.14. The molecule has 0 saturated heterocycles. The Hall–Kier alpha value is -1.91. The Morgan fingerprint density at radius 2 is 2.31 bits per heavy atom. The standard InChI is InChI=1S/C8H7N3O2/c1-11-4-10-5-2-6(8(12)13)9-3-7(5)11/h2-4H,1H3,(H,12,13)/p-1. The summed E-state index contributed by atoms with van der Waals surface area (Å²) in [7, 11) is 1.82. The number of carboxylic acids is 1. The molecular weight excluding hydrogens is 170 g/mol. The molecule has 66 valence electrons. The minimum absolute atomic E-state index is 0.0915. The summed E-state index contributed by atoms with van der Waals surface area (Å²) in [6.45, 7) is 0. The molecule has 2 aromatic heterocycles. The summed E-state index contributed by atoms with van der Waals surface area (Å²) in [6.07, 6.45) is 3.07. The highest BCUT2D eigenvalue weighted by Gasteiger charge is 2.02. The number of carbonyl (C=O) groups excluding carboxylic acids is 1. The van der Waals surface area contributed by atoms with E-state index in [4.69, 9.17) is 0 Å². The first kappa shape index (κ1) is 7.72. The normalized spacial score (nSPS) is 10.5. The van der Waals surface area contributed by atoms with Crippen molar-refractivity contribution in [1.29, 1.82) is 0 Å². The molecule has 13 heavy (non-hydrogen) atoms. The molecule has 0 amide bonds. The molecule has 2 heterocycles. The van der Waals surface area contributed by atoms with Gasteiger partial charge in [-0.25, -0.2) is 4.98 Å². The molecule has 0 fully saturated rings. The van der Waals surface area contributed by atoms with Crippen LogP contribution in [0.15, 0.2) is 18.6 Å². The van der Waals surface area contributed by atoms with Crippen LogP contribution in [0.4, 0.5) is 0 Å². The van der Waals surface area contributed by atoms with Crippen molar-refractivity contribution in [3.63, 3.8) is 0 Å². The Balaban J connectivity index is 2.70. The minimum atomic E-state index is -1.28. The third-order valence-corrected chi connectivity index (χ3v) is 1.82. The second-order valence-corrected chi connectivity index (χ2v) is 2.70. The summed E-state index contributed by atoms with van der Waals surface area (Å²) >= 11 is 0. The first-order valence-corrected chi connectivity index (χ1v) is 3.67. The number of aryl methyl sites for hydroxylation is 1. The van der Waals surface area contributed by atoms with Gasteiger partial charge >= 0.3 is 0 Å². The summed E-state index contributed by atoms with van der Waals surface area (Å²) < 4.78 is 1.77. The fourth-order valence-corrected chi connectivity index (χ4v) is 1.14. The second-order valence-electron chi connectivity index (χ2n) is 2.70. The number of aromatic nitrogens is 3. The van der Waals surface area contributed by atoms with Gasteiger partial charge in [-0.05, 0) is 6.07 Å². The zero-order valence-corrected chi connectivity index (χ0v) is 6.89. The van der Waals surface area contributed by atoms with Crippen LogP contribution in [0.2, 0.25) is 0 Å². The summed E-state index contributed by atoms with van der Waals surface area (Å²) in [5, 5.41) is 10.4. The molecule has 2 aromatic rings. The van der Waals surface area contributed by atoms with Crippen LogP contribution >= 0.6 is 0 Å². The Bertz CT molecular complexity index is 475. The molecule has 0 unspecified atom stereocenters. The molecule has 5 heteroatoms. The largest absolute Gasteiger partial charge is 0.543 e. The van der Waals surface area contributed by atoms with E-state index < -0.39 is 5.97 Å². The topological polar surface area (TPSA) is 70.8 Å². The molecule has 0 aromatic carbocycles. The SMILES string of the molecule is Cn1cnc2cc(C(=O)[O-])ncc21. The monoisotopic (exact) mass is 176 g/mol. The fraction of sp³-hybridized carbons (Fsp3) is 0.125. The van der Waals surface area contributed by atoms with E-state index in [0.717, 1.165) is 5.52 Å². The molecular formula is C8H6N3O2-. The van der Waals surface area contributed by atoms with Crippen molar-refractivity contribution in [3.8, 4) is 0 Å². The zero-order chi connectivity index (χ0) is 9.42. The van der Waals surface area contributed by atoms with Crippen molar-refractivity contribution in [2.45, 2.75) is 0 Å². The van der Waals surface area contributed by atoms with Crippen molar-refractivity contribution in [1.82, 2.24) is 14.5 Å². The quantitative estimate of drug-likeness (QED) is 0.577. The van der Waals surface area contributed by atoms with Crippen molar-refractivity contribution in [3.05, 3.63) is 24.3 Å². The molecule has 2 rings (SSSR count). The number of fused-ring (bicyclic) bond motifs is 1. The van der Waals surface area contributed by atoms with Gasteiger partial charge in [0.1, 0.15) is 0 Å². The second kappa shape index (κ2) is 2.55. The van der Waals surface area contributed by atoms with Crippen LogP contribution in [0, 0.1) is 0 Å². The molecule has 0 aliphatic heterocycles. The zero-order valence-electron chi connectivity index (χ0n) is 6.89. The van der Waals surface area contributed by atoms with Gasteiger partial charge in [0.2, 0.25) is 0 Å². The Morgan fingerprint density at radius 1 is 1.54 bits per heavy atom. The highest BCUT2D eigenvalue weighted by Crippen LogP contribution is 2.10. The predicted molar refractivity (Wildman–Crippen MR) is 42.8 cm³/mol. The van der Waals surface area contributed by atoms with Crippen molar-refractivity contribution in [2.75, 3.05) is 0 Å². The van der Waals surface area contributed by atoms with Gasteiger partial charge in [-0.2, -0.15) is 0 Å². The number of aromatic carboxylic acids is 1. The Labute approximate surface area is 73.7 Å². The summed E-state index contributed by atoms with van der Waals surface area (Å²) in [4.78, 5) is 18.2. The maximum absolute atomic E-state index is 10.4. The van der Waals surface area contributed by atoms with E-state index in [9.17, 15) is 9.90 Å². The lowest BCUT2D eigenvalue weighted by atomic mass is 10.3. The number of imidazole rings is 1. The predicted octanol–water partition coefficient (Wildman–Crippen LogP) is -0.668. The van der Waals surface area contributed by atoms with Crippen LogP contribution in [0.3, 0.4) is 0 Å². The number of pyridine rings is 1. The van der Waals surface area contributed by atoms with Gasteiger partial charge in [-0.3, -0.25) is 4.98 Å². The van der Waals surface area contributed by atoms with E-state index in [-0.39, 0.29) is 5.69 Å². The van der Waals surface area contributed by atoms with Gasteiger partial charge in [0.05, 0.1) is 35.2 Å². The van der Waals surface area contributed by atoms with Crippen molar-refractivity contribution in [2.24, 2.45) is 7.05 Å². The summed E-state index contributed by atoms with van der Waals surface area (Å²) in [6, 6.07) is 1.39. The number of hydrogen-bond acceptors (Lipinski definition) is 4. The first-order chi connectivity index (χ1) is 6.18. The van der Waals surface area contributed by atoms with Crippen LogP contribution in [0.5, 0.6) is 0 Å². The smallest absolute Gasteiger partial charge is 0.0956 e. The van der Waals surface area contributed by atoms with E-state index >= 15 is 0 Å². The lowest BCUT2D eigenvalue weighted by molar-refractivity contribution is -0.255. The molecule has 5 nitrogen and oxygen atoms in total. The molecule has 0 N–H and O–H groups in total. The van der Waals surface area contributed by atoms with Gasteiger partial charge in [0.25, 0.3) is 0 Å². The van der Waals surface area contributed by atoms with Gasteiger partial charge in [0.15, 0.2) is 0 Å².